The molecule has 3 aromatic carbocycles. The van der Waals surface area contributed by atoms with E-state index in [1.807, 2.05) is 24.3 Å². The molecule has 0 aliphatic carbocycles. The largest absolute Gasteiger partial charge is 0.416 e. The summed E-state index contributed by atoms with van der Waals surface area (Å²) < 4.78 is 45.2. The molecule has 46 heavy (non-hydrogen) atoms. The van der Waals surface area contributed by atoms with Crippen molar-refractivity contribution >= 4 is 11.7 Å². The Bertz CT molecular complexity index is 1990. The number of carbonyl (C=O) groups is 1. The molecule has 0 saturated carbocycles. The number of imidazole rings is 1. The Balaban J connectivity index is 1.62. The Morgan fingerprint density at radius 3 is 2.28 bits per heavy atom. The molecule has 1 atom stereocenters. The molecule has 0 aliphatic rings. The highest BCUT2D eigenvalue weighted by atomic mass is 19.4. The maximum Gasteiger partial charge on any atom is 0.416 e. The van der Waals surface area contributed by atoms with Crippen LogP contribution >= 0.6 is 0 Å². The van der Waals surface area contributed by atoms with E-state index in [9.17, 15) is 22.8 Å². The Morgan fingerprint density at radius 1 is 1.00 bits per heavy atom. The van der Waals surface area contributed by atoms with E-state index in [0.717, 1.165) is 43.4 Å². The molecule has 2 heterocycles. The Hall–Kier alpha value is -5.41. The van der Waals surface area contributed by atoms with Crippen LogP contribution in [0.5, 0.6) is 0 Å². The van der Waals surface area contributed by atoms with E-state index in [1.54, 1.807) is 44.2 Å². The predicted molar refractivity (Wildman–Crippen MR) is 169 cm³/mol. The van der Waals surface area contributed by atoms with Crippen molar-refractivity contribution in [3.8, 4) is 22.8 Å². The smallest absolute Gasteiger partial charge is 0.331 e. The van der Waals surface area contributed by atoms with Gasteiger partial charge < -0.3 is 9.80 Å². The van der Waals surface area contributed by atoms with Gasteiger partial charge in [0.25, 0.3) is 0 Å². The van der Waals surface area contributed by atoms with Gasteiger partial charge in [-0.2, -0.15) is 18.3 Å². The van der Waals surface area contributed by atoms with Crippen LogP contribution < -0.4 is 11.0 Å². The van der Waals surface area contributed by atoms with Crippen LogP contribution in [0.1, 0.15) is 35.3 Å². The minimum Gasteiger partial charge on any atom is -0.331 e. The second-order valence-corrected chi connectivity index (χ2v) is 12.1. The molecular weight excluding hydrogens is 595 g/mol. The number of halogens is 3. The topological polar surface area (TPSA) is 78.2 Å². The highest BCUT2D eigenvalue weighted by Crippen LogP contribution is 2.32. The summed E-state index contributed by atoms with van der Waals surface area (Å²) in [6, 6.07) is 19.1. The van der Waals surface area contributed by atoms with E-state index in [2.05, 4.69) is 36.4 Å². The van der Waals surface area contributed by atoms with Crippen LogP contribution in [0.15, 0.2) is 89.9 Å². The van der Waals surface area contributed by atoms with E-state index in [-0.39, 0.29) is 17.1 Å². The van der Waals surface area contributed by atoms with E-state index in [1.165, 1.54) is 23.0 Å². The lowest BCUT2D eigenvalue weighted by molar-refractivity contribution is -0.884. The molecule has 0 radical (unpaired) electrons. The normalized spacial score (nSPS) is 12.5. The van der Waals surface area contributed by atoms with Gasteiger partial charge in [0, 0.05) is 5.56 Å². The first kappa shape index (κ1) is 32.0. The summed E-state index contributed by atoms with van der Waals surface area (Å²) in [5.74, 6) is 0. The number of quaternary nitrogens is 1. The van der Waals surface area contributed by atoms with Crippen molar-refractivity contribution in [2.75, 3.05) is 21.1 Å². The van der Waals surface area contributed by atoms with Gasteiger partial charge in [0.05, 0.1) is 68.3 Å². The third-order valence-corrected chi connectivity index (χ3v) is 7.50. The van der Waals surface area contributed by atoms with Gasteiger partial charge in [-0.05, 0) is 55.8 Å². The van der Waals surface area contributed by atoms with Crippen molar-refractivity contribution < 1.29 is 22.4 Å². The highest BCUT2D eigenvalue weighted by Gasteiger charge is 2.32. The zero-order valence-electron chi connectivity index (χ0n) is 26.0. The van der Waals surface area contributed by atoms with Crippen molar-refractivity contribution in [2.45, 2.75) is 32.6 Å². The molecule has 5 rings (SSSR count). The maximum atomic E-state index is 14.1. The van der Waals surface area contributed by atoms with Gasteiger partial charge >= 0.3 is 17.9 Å². The fourth-order valence-electron chi connectivity index (χ4n) is 5.37. The molecule has 2 aromatic heterocycles. The predicted octanol–water partition coefficient (Wildman–Crippen LogP) is 6.89. The minimum absolute atomic E-state index is 0.0431. The number of carbonyl (C=O) groups excluding carboxylic acids is 1. The van der Waals surface area contributed by atoms with Gasteiger partial charge in [-0.3, -0.25) is 4.57 Å². The number of nitrogens with zero attached hydrogens (tertiary/aromatic N) is 6. The summed E-state index contributed by atoms with van der Waals surface area (Å²) >= 11 is 0. The average molecular weight is 629 g/mol. The van der Waals surface area contributed by atoms with Crippen molar-refractivity contribution in [3.63, 3.8) is 0 Å². The number of amides is 1. The van der Waals surface area contributed by atoms with Crippen LogP contribution in [0.3, 0.4) is 0 Å². The number of rotatable bonds is 7. The summed E-state index contributed by atoms with van der Waals surface area (Å²) in [6.45, 7) is 11.4. The van der Waals surface area contributed by atoms with Crippen molar-refractivity contribution in [2.24, 2.45) is 0 Å². The summed E-state index contributed by atoms with van der Waals surface area (Å²) in [6.07, 6.45) is -3.14. The quantitative estimate of drug-likeness (QED) is 0.158. The molecule has 1 N–H and O–H groups in total. The van der Waals surface area contributed by atoms with E-state index >= 15 is 0 Å². The molecule has 0 bridgehead atoms. The number of aromatic nitrogens is 4. The van der Waals surface area contributed by atoms with Crippen LogP contribution in [-0.4, -0.2) is 50.6 Å². The number of hydrogen-bond donors (Lipinski definition) is 1. The number of benzene rings is 3. The number of hydrogen-bond acceptors (Lipinski definition) is 3. The molecule has 1 amide bonds. The summed E-state index contributed by atoms with van der Waals surface area (Å²) in [5.41, 5.74) is 1.83. The second kappa shape index (κ2) is 12.2. The molecule has 0 unspecified atom stereocenters. The molecule has 9 nitrogen and oxygen atoms in total. The van der Waals surface area contributed by atoms with Crippen LogP contribution in [0.4, 0.5) is 23.7 Å². The van der Waals surface area contributed by atoms with E-state index in [0.29, 0.717) is 17.1 Å². The molecule has 5 aromatic rings. The maximum absolute atomic E-state index is 14.1. The van der Waals surface area contributed by atoms with Crippen LogP contribution in [0.25, 0.3) is 27.6 Å². The van der Waals surface area contributed by atoms with Gasteiger partial charge in [-0.15, -0.1) is 0 Å². The van der Waals surface area contributed by atoms with Crippen LogP contribution in [0.2, 0.25) is 0 Å². The lowest BCUT2D eigenvalue weighted by Crippen LogP contribution is -2.38. The van der Waals surface area contributed by atoms with Crippen molar-refractivity contribution in [1.29, 1.82) is 0 Å². The van der Waals surface area contributed by atoms with Gasteiger partial charge in [0.15, 0.2) is 5.69 Å². The monoisotopic (exact) mass is 628 g/mol. The summed E-state index contributed by atoms with van der Waals surface area (Å²) in [7, 11) is 6.27. The standard InChI is InChI=1S/C34H32F3N7O2/c1-22(25-12-10-24(11-13-25)21-44(4,5)6)40-32(45)42-31(30-18-19-39-43(30)28-16-14-27(38-3)15-17-28)23(2)41(33(42)46)29-9-7-8-26(20-29)34(35,36)37/h7-20,22H,21H2,1-2,4-6H3/p+1/t22-/m1/s1. The fourth-order valence-corrected chi connectivity index (χ4v) is 5.37. The molecule has 0 spiro atoms. The molecule has 0 saturated heterocycles. The molecule has 0 aliphatic heterocycles. The molecule has 236 valence electrons. The molecular formula is C34H33F3N7O2+. The first-order valence-electron chi connectivity index (χ1n) is 14.4. The second-order valence-electron chi connectivity index (χ2n) is 12.1. The van der Waals surface area contributed by atoms with E-state index < -0.39 is 29.5 Å². The molecule has 0 fully saturated rings. The van der Waals surface area contributed by atoms with Crippen LogP contribution in [0, 0.1) is 13.5 Å². The number of nitrogens with one attached hydrogen (secondary N) is 1. The first-order chi connectivity index (χ1) is 21.7. The SMILES string of the molecule is [C-]#[N+]c1ccc(-n2nccc2-c2c(C)n(-c3cccc(C(F)(F)F)c3)c(=O)n2C(=O)N[C@H](C)c2ccc(C[N+](C)(C)C)cc2)cc1. The number of alkyl halides is 3. The third-order valence-electron chi connectivity index (χ3n) is 7.50. The van der Waals surface area contributed by atoms with Gasteiger partial charge in [0.2, 0.25) is 0 Å². The first-order valence-corrected chi connectivity index (χ1v) is 14.4. The highest BCUT2D eigenvalue weighted by molar-refractivity contribution is 5.83. The van der Waals surface area contributed by atoms with E-state index in [4.69, 9.17) is 6.57 Å². The van der Waals surface area contributed by atoms with Crippen molar-refractivity contribution in [3.05, 3.63) is 129 Å². The van der Waals surface area contributed by atoms with Crippen molar-refractivity contribution in [1.82, 2.24) is 24.2 Å². The van der Waals surface area contributed by atoms with Gasteiger partial charge in [0.1, 0.15) is 12.2 Å². The average Bonchev–Trinajstić information content (AvgIpc) is 3.58. The minimum atomic E-state index is -4.64. The Kier molecular flexibility index (Phi) is 8.47. The third kappa shape index (κ3) is 6.50. The zero-order chi connectivity index (χ0) is 33.4. The zero-order valence-corrected chi connectivity index (χ0v) is 26.0. The lowest BCUT2D eigenvalue weighted by atomic mass is 10.1. The van der Waals surface area contributed by atoms with Crippen LogP contribution in [-0.2, 0) is 12.7 Å². The lowest BCUT2D eigenvalue weighted by Gasteiger charge is -2.24. The molecule has 12 heteroatoms. The summed E-state index contributed by atoms with van der Waals surface area (Å²) in [4.78, 5) is 31.4. The Labute approximate surface area is 264 Å². The summed E-state index contributed by atoms with van der Waals surface area (Å²) in [5, 5.41) is 7.28. The fraction of sp³-hybridized carbons (Fsp3) is 0.235. The Morgan fingerprint density at radius 2 is 1.67 bits per heavy atom. The van der Waals surface area contributed by atoms with Gasteiger partial charge in [-0.1, -0.05) is 42.5 Å². The van der Waals surface area contributed by atoms with Gasteiger partial charge in [-0.25, -0.2) is 23.7 Å².